The van der Waals surface area contributed by atoms with Gasteiger partial charge in [0.2, 0.25) is 0 Å². The van der Waals surface area contributed by atoms with Gasteiger partial charge in [-0.3, -0.25) is 4.68 Å². The number of hydrogen-bond acceptors (Lipinski definition) is 3. The monoisotopic (exact) mass is 374 g/mol. The van der Waals surface area contributed by atoms with Crippen molar-refractivity contribution in [3.63, 3.8) is 0 Å². The second-order valence-corrected chi connectivity index (χ2v) is 10.1. The summed E-state index contributed by atoms with van der Waals surface area (Å²) in [5, 5.41) is 13.8. The van der Waals surface area contributed by atoms with E-state index in [1.165, 1.54) is 18.5 Å². The zero-order chi connectivity index (χ0) is 19.4. The highest BCUT2D eigenvalue weighted by molar-refractivity contribution is 5.65. The second kappa shape index (κ2) is 6.50. The third-order valence-corrected chi connectivity index (χ3v) is 7.52. The van der Waals surface area contributed by atoms with Crippen LogP contribution in [0.4, 0.5) is 4.79 Å². The number of carboxylic acid groups (broad SMARTS) is 1. The summed E-state index contributed by atoms with van der Waals surface area (Å²) in [5.74, 6) is 1.19. The van der Waals surface area contributed by atoms with Crippen molar-refractivity contribution in [2.24, 2.45) is 23.8 Å². The predicted octanol–water partition coefficient (Wildman–Crippen LogP) is 3.40. The average Bonchev–Trinajstić information content (AvgIpc) is 3.19. The SMILES string of the molecule is Cn1nccc1C1CCN([C@H]2CC3(CCN(C(=O)O)C3)[C@H]2C(C)(C)C)CC1. The summed E-state index contributed by atoms with van der Waals surface area (Å²) in [4.78, 5) is 15.8. The van der Waals surface area contributed by atoms with Crippen LogP contribution in [0.5, 0.6) is 0 Å². The molecule has 27 heavy (non-hydrogen) atoms. The van der Waals surface area contributed by atoms with E-state index >= 15 is 0 Å². The molecule has 1 aromatic rings. The molecule has 3 atom stereocenters. The van der Waals surface area contributed by atoms with Crippen LogP contribution in [-0.2, 0) is 7.05 Å². The number of rotatable bonds is 2. The van der Waals surface area contributed by atoms with Gasteiger partial charge >= 0.3 is 6.09 Å². The Morgan fingerprint density at radius 1 is 1.26 bits per heavy atom. The molecule has 0 radical (unpaired) electrons. The maximum atomic E-state index is 11.5. The Balaban J connectivity index is 1.44. The molecular formula is C21H34N4O2. The van der Waals surface area contributed by atoms with E-state index in [1.54, 1.807) is 4.90 Å². The standard InChI is InChI=1S/C21H34N4O2/c1-20(2,3)18-17(13-21(18)8-12-25(14-21)19(26)27)24-10-6-15(7-11-24)16-5-9-22-23(16)4/h5,9,15,17-18H,6-8,10-14H2,1-4H3,(H,26,27)/t17-,18+,21?/m0/s1. The average molecular weight is 375 g/mol. The number of hydrogen-bond donors (Lipinski definition) is 1. The summed E-state index contributed by atoms with van der Waals surface area (Å²) < 4.78 is 2.02. The van der Waals surface area contributed by atoms with E-state index in [4.69, 9.17) is 0 Å². The topological polar surface area (TPSA) is 61.6 Å². The molecule has 1 aliphatic carbocycles. The zero-order valence-corrected chi connectivity index (χ0v) is 17.2. The van der Waals surface area contributed by atoms with Gasteiger partial charge in [-0.25, -0.2) is 4.79 Å². The molecule has 0 bridgehead atoms. The van der Waals surface area contributed by atoms with Crippen LogP contribution in [-0.4, -0.2) is 63.0 Å². The molecule has 1 spiro atoms. The molecule has 3 heterocycles. The van der Waals surface area contributed by atoms with E-state index in [0.717, 1.165) is 32.5 Å². The molecule has 6 nitrogen and oxygen atoms in total. The van der Waals surface area contributed by atoms with Gasteiger partial charge in [0.05, 0.1) is 0 Å². The van der Waals surface area contributed by atoms with Gasteiger partial charge in [0.1, 0.15) is 0 Å². The number of aryl methyl sites for hydroxylation is 1. The molecule has 0 aromatic carbocycles. The van der Waals surface area contributed by atoms with Crippen molar-refractivity contribution in [2.45, 2.75) is 58.4 Å². The number of nitrogens with zero attached hydrogens (tertiary/aromatic N) is 4. The minimum atomic E-state index is -0.750. The quantitative estimate of drug-likeness (QED) is 0.862. The molecule has 2 saturated heterocycles. The Bertz CT molecular complexity index is 701. The Morgan fingerprint density at radius 3 is 2.48 bits per heavy atom. The first-order chi connectivity index (χ1) is 12.7. The van der Waals surface area contributed by atoms with Crippen molar-refractivity contribution < 1.29 is 9.90 Å². The number of aromatic nitrogens is 2. The van der Waals surface area contributed by atoms with Gasteiger partial charge in [-0.1, -0.05) is 20.8 Å². The zero-order valence-electron chi connectivity index (χ0n) is 17.2. The first-order valence-electron chi connectivity index (χ1n) is 10.4. The lowest BCUT2D eigenvalue weighted by Crippen LogP contribution is -2.65. The molecule has 1 amide bonds. The van der Waals surface area contributed by atoms with Crippen LogP contribution >= 0.6 is 0 Å². The first kappa shape index (κ1) is 18.8. The Labute approximate surface area is 162 Å². The van der Waals surface area contributed by atoms with Gasteiger partial charge < -0.3 is 14.9 Å². The Kier molecular flexibility index (Phi) is 4.53. The van der Waals surface area contributed by atoms with Gasteiger partial charge in [0.25, 0.3) is 0 Å². The van der Waals surface area contributed by atoms with E-state index in [-0.39, 0.29) is 10.8 Å². The highest BCUT2D eigenvalue weighted by Gasteiger charge is 2.62. The van der Waals surface area contributed by atoms with Gasteiger partial charge in [-0.2, -0.15) is 5.10 Å². The van der Waals surface area contributed by atoms with E-state index in [9.17, 15) is 9.90 Å². The van der Waals surface area contributed by atoms with Crippen LogP contribution in [0, 0.1) is 16.7 Å². The van der Waals surface area contributed by atoms with Crippen LogP contribution in [0.15, 0.2) is 12.3 Å². The summed E-state index contributed by atoms with van der Waals surface area (Å²) in [5.41, 5.74) is 1.76. The summed E-state index contributed by atoms with van der Waals surface area (Å²) in [6.45, 7) is 10.8. The number of carbonyl (C=O) groups is 1. The van der Waals surface area contributed by atoms with Crippen LogP contribution in [0.2, 0.25) is 0 Å². The highest BCUT2D eigenvalue weighted by Crippen LogP contribution is 2.61. The largest absolute Gasteiger partial charge is 0.465 e. The summed E-state index contributed by atoms with van der Waals surface area (Å²) in [7, 11) is 2.04. The van der Waals surface area contributed by atoms with Gasteiger partial charge in [0.15, 0.2) is 0 Å². The Morgan fingerprint density at radius 2 is 1.96 bits per heavy atom. The fourth-order valence-electron chi connectivity index (χ4n) is 6.54. The van der Waals surface area contributed by atoms with Crippen LogP contribution in [0.25, 0.3) is 0 Å². The van der Waals surface area contributed by atoms with Crippen molar-refractivity contribution in [3.05, 3.63) is 18.0 Å². The lowest BCUT2D eigenvalue weighted by molar-refractivity contribution is -0.126. The first-order valence-corrected chi connectivity index (χ1v) is 10.4. The fourth-order valence-corrected chi connectivity index (χ4v) is 6.54. The minimum Gasteiger partial charge on any atom is -0.465 e. The summed E-state index contributed by atoms with van der Waals surface area (Å²) >= 11 is 0. The predicted molar refractivity (Wildman–Crippen MR) is 105 cm³/mol. The summed E-state index contributed by atoms with van der Waals surface area (Å²) in [6.07, 6.45) is 5.74. The van der Waals surface area contributed by atoms with Gasteiger partial charge in [-0.15, -0.1) is 0 Å². The molecule has 6 heteroatoms. The third kappa shape index (κ3) is 3.16. The van der Waals surface area contributed by atoms with Crippen molar-refractivity contribution in [1.29, 1.82) is 0 Å². The van der Waals surface area contributed by atoms with Gasteiger partial charge in [0, 0.05) is 44.0 Å². The van der Waals surface area contributed by atoms with Gasteiger partial charge in [-0.05, 0) is 61.6 Å². The molecule has 1 saturated carbocycles. The fraction of sp³-hybridized carbons (Fsp3) is 0.810. The van der Waals surface area contributed by atoms with Crippen LogP contribution < -0.4 is 0 Å². The van der Waals surface area contributed by atoms with Crippen LogP contribution in [0.3, 0.4) is 0 Å². The smallest absolute Gasteiger partial charge is 0.407 e. The third-order valence-electron chi connectivity index (χ3n) is 7.52. The highest BCUT2D eigenvalue weighted by atomic mass is 16.4. The molecule has 4 rings (SSSR count). The van der Waals surface area contributed by atoms with Crippen molar-refractivity contribution in [2.75, 3.05) is 26.2 Å². The number of amides is 1. The molecular weight excluding hydrogens is 340 g/mol. The molecule has 3 fully saturated rings. The maximum Gasteiger partial charge on any atom is 0.407 e. The lowest BCUT2D eigenvalue weighted by Gasteiger charge is -2.62. The van der Waals surface area contributed by atoms with E-state index < -0.39 is 6.09 Å². The molecule has 3 aliphatic rings. The van der Waals surface area contributed by atoms with Crippen molar-refractivity contribution in [3.8, 4) is 0 Å². The molecule has 2 aliphatic heterocycles. The van der Waals surface area contributed by atoms with Crippen molar-refractivity contribution >= 4 is 6.09 Å². The summed E-state index contributed by atoms with van der Waals surface area (Å²) in [6, 6.07) is 2.77. The van der Waals surface area contributed by atoms with E-state index in [2.05, 4.69) is 36.8 Å². The maximum absolute atomic E-state index is 11.5. The van der Waals surface area contributed by atoms with E-state index in [1.807, 2.05) is 17.9 Å². The van der Waals surface area contributed by atoms with Crippen LogP contribution in [0.1, 0.15) is 58.1 Å². The number of piperidine rings is 1. The van der Waals surface area contributed by atoms with E-state index in [0.29, 0.717) is 24.4 Å². The number of likely N-dealkylation sites (tertiary alicyclic amines) is 2. The lowest BCUT2D eigenvalue weighted by atomic mass is 9.48. The normalized spacial score (nSPS) is 32.8. The van der Waals surface area contributed by atoms with Crippen molar-refractivity contribution in [1.82, 2.24) is 19.6 Å². The second-order valence-electron chi connectivity index (χ2n) is 10.1. The molecule has 1 unspecified atom stereocenters. The minimum absolute atomic E-state index is 0.195. The molecule has 150 valence electrons. The Hall–Kier alpha value is -1.56. The molecule has 1 N–H and O–H groups in total. The molecule has 1 aromatic heterocycles.